The zero-order chi connectivity index (χ0) is 16.9. The third-order valence-electron chi connectivity index (χ3n) is 4.57. The number of likely N-dealkylation sites (N-methyl/N-ethyl adjacent to an activating group) is 1. The molecule has 2 aromatic rings. The van der Waals surface area contributed by atoms with Gasteiger partial charge in [0.25, 0.3) is 0 Å². The summed E-state index contributed by atoms with van der Waals surface area (Å²) in [5.74, 6) is 0. The highest BCUT2D eigenvalue weighted by Gasteiger charge is 2.26. The molecule has 4 heteroatoms. The Labute approximate surface area is 143 Å². The van der Waals surface area contributed by atoms with E-state index in [2.05, 4.69) is 11.8 Å². The molecule has 0 aliphatic carbocycles. The number of nitrogens with zero attached hydrogens (tertiary/aromatic N) is 2. The average Bonchev–Trinajstić information content (AvgIpc) is 3.09. The predicted molar refractivity (Wildman–Crippen MR) is 97.3 cm³/mol. The number of carbonyl (C=O) groups is 1. The fourth-order valence-corrected chi connectivity index (χ4v) is 3.13. The summed E-state index contributed by atoms with van der Waals surface area (Å²) < 4.78 is 5.70. The van der Waals surface area contributed by atoms with Crippen LogP contribution in [0, 0.1) is 0 Å². The van der Waals surface area contributed by atoms with Gasteiger partial charge in [-0.1, -0.05) is 55.5 Å². The molecule has 1 aliphatic rings. The number of rotatable bonds is 4. The van der Waals surface area contributed by atoms with Crippen LogP contribution in [0.1, 0.15) is 13.3 Å². The van der Waals surface area contributed by atoms with Gasteiger partial charge in [0.1, 0.15) is 6.10 Å². The molecule has 0 spiro atoms. The van der Waals surface area contributed by atoms with Crippen LogP contribution in [0.2, 0.25) is 0 Å². The zero-order valence-electron chi connectivity index (χ0n) is 14.3. The third-order valence-corrected chi connectivity index (χ3v) is 4.57. The standard InChI is InChI=1S/C20H24N2O2/c1-3-22-14-13-17(15-22)24-20(23)21(2)19-12-8-7-11-18(19)16-9-5-4-6-10-16/h4-12,17H,3,13-15H2,1-2H3/t17-/m1/s1. The van der Waals surface area contributed by atoms with Crippen molar-refractivity contribution in [3.8, 4) is 11.1 Å². The van der Waals surface area contributed by atoms with E-state index in [-0.39, 0.29) is 12.2 Å². The SMILES string of the molecule is CCN1CC[C@@H](OC(=O)N(C)c2ccccc2-c2ccccc2)C1. The lowest BCUT2D eigenvalue weighted by molar-refractivity contribution is 0.108. The number of para-hydroxylation sites is 1. The lowest BCUT2D eigenvalue weighted by Gasteiger charge is -2.22. The Morgan fingerprint density at radius 2 is 1.88 bits per heavy atom. The average molecular weight is 324 g/mol. The highest BCUT2D eigenvalue weighted by atomic mass is 16.6. The van der Waals surface area contributed by atoms with Gasteiger partial charge in [0.05, 0.1) is 5.69 Å². The number of ether oxygens (including phenoxy) is 1. The van der Waals surface area contributed by atoms with Gasteiger partial charge in [0.2, 0.25) is 0 Å². The van der Waals surface area contributed by atoms with E-state index in [4.69, 9.17) is 4.74 Å². The highest BCUT2D eigenvalue weighted by Crippen LogP contribution is 2.30. The smallest absolute Gasteiger partial charge is 0.414 e. The van der Waals surface area contributed by atoms with Crippen LogP contribution in [-0.2, 0) is 4.74 Å². The van der Waals surface area contributed by atoms with Gasteiger partial charge in [-0.15, -0.1) is 0 Å². The molecule has 3 rings (SSSR count). The van der Waals surface area contributed by atoms with Gasteiger partial charge in [-0.05, 0) is 24.6 Å². The summed E-state index contributed by atoms with van der Waals surface area (Å²) in [6.07, 6.45) is 0.610. The largest absolute Gasteiger partial charge is 0.444 e. The molecule has 0 bridgehead atoms. The summed E-state index contributed by atoms with van der Waals surface area (Å²) >= 11 is 0. The van der Waals surface area contributed by atoms with E-state index in [1.54, 1.807) is 11.9 Å². The number of benzene rings is 2. The molecular weight excluding hydrogens is 300 g/mol. The first-order valence-corrected chi connectivity index (χ1v) is 8.50. The van der Waals surface area contributed by atoms with Gasteiger partial charge in [-0.2, -0.15) is 0 Å². The van der Waals surface area contributed by atoms with E-state index in [1.165, 1.54) is 0 Å². The van der Waals surface area contributed by atoms with Crippen LogP contribution in [0.5, 0.6) is 0 Å². The van der Waals surface area contributed by atoms with Crippen molar-refractivity contribution in [2.24, 2.45) is 0 Å². The minimum Gasteiger partial charge on any atom is -0.444 e. The maximum atomic E-state index is 12.6. The molecule has 1 heterocycles. The summed E-state index contributed by atoms with van der Waals surface area (Å²) in [5.41, 5.74) is 2.98. The number of hydrogen-bond acceptors (Lipinski definition) is 3. The fourth-order valence-electron chi connectivity index (χ4n) is 3.13. The summed E-state index contributed by atoms with van der Waals surface area (Å²) in [5, 5.41) is 0. The Bertz CT molecular complexity index is 687. The number of amides is 1. The van der Waals surface area contributed by atoms with Crippen LogP contribution in [-0.4, -0.2) is 43.8 Å². The van der Waals surface area contributed by atoms with Crippen molar-refractivity contribution in [2.45, 2.75) is 19.4 Å². The van der Waals surface area contributed by atoms with Gasteiger partial charge < -0.3 is 4.74 Å². The second-order valence-corrected chi connectivity index (χ2v) is 6.13. The van der Waals surface area contributed by atoms with Crippen molar-refractivity contribution < 1.29 is 9.53 Å². The van der Waals surface area contributed by atoms with Crippen LogP contribution in [0.3, 0.4) is 0 Å². The van der Waals surface area contributed by atoms with E-state index in [1.807, 2.05) is 54.6 Å². The first kappa shape index (κ1) is 16.5. The number of carbonyl (C=O) groups excluding carboxylic acids is 1. The van der Waals surface area contributed by atoms with E-state index in [9.17, 15) is 4.79 Å². The van der Waals surface area contributed by atoms with Gasteiger partial charge >= 0.3 is 6.09 Å². The molecule has 1 atom stereocenters. The lowest BCUT2D eigenvalue weighted by atomic mass is 10.0. The van der Waals surface area contributed by atoms with E-state index >= 15 is 0 Å². The first-order valence-electron chi connectivity index (χ1n) is 8.50. The predicted octanol–water partition coefficient (Wildman–Crippen LogP) is 4.02. The van der Waals surface area contributed by atoms with E-state index in [0.29, 0.717) is 0 Å². The Morgan fingerprint density at radius 1 is 1.17 bits per heavy atom. The number of likely N-dealkylation sites (tertiary alicyclic amines) is 1. The minimum absolute atomic E-state index is 0.0104. The second-order valence-electron chi connectivity index (χ2n) is 6.13. The number of hydrogen-bond donors (Lipinski definition) is 0. The molecule has 24 heavy (non-hydrogen) atoms. The highest BCUT2D eigenvalue weighted by molar-refractivity contribution is 5.93. The second kappa shape index (κ2) is 7.49. The van der Waals surface area contributed by atoms with Crippen molar-refractivity contribution >= 4 is 11.8 Å². The molecule has 0 aromatic heterocycles. The molecule has 4 nitrogen and oxygen atoms in total. The molecule has 0 unspecified atom stereocenters. The maximum Gasteiger partial charge on any atom is 0.414 e. The Balaban J connectivity index is 1.75. The maximum absolute atomic E-state index is 12.6. The summed E-state index contributed by atoms with van der Waals surface area (Å²) in [7, 11) is 1.77. The molecule has 0 N–H and O–H groups in total. The van der Waals surface area contributed by atoms with Crippen molar-refractivity contribution in [2.75, 3.05) is 31.6 Å². The Hall–Kier alpha value is -2.33. The summed E-state index contributed by atoms with van der Waals surface area (Å²) in [6, 6.07) is 18.0. The first-order chi connectivity index (χ1) is 11.7. The van der Waals surface area contributed by atoms with E-state index < -0.39 is 0 Å². The zero-order valence-corrected chi connectivity index (χ0v) is 14.3. The van der Waals surface area contributed by atoms with Gasteiger partial charge in [-0.3, -0.25) is 9.80 Å². The molecular formula is C20H24N2O2. The number of anilines is 1. The third kappa shape index (κ3) is 3.60. The van der Waals surface area contributed by atoms with Crippen LogP contribution < -0.4 is 4.90 Å². The van der Waals surface area contributed by atoms with Crippen molar-refractivity contribution in [3.05, 3.63) is 54.6 Å². The molecule has 1 saturated heterocycles. The lowest BCUT2D eigenvalue weighted by Crippen LogP contribution is -2.32. The monoisotopic (exact) mass is 324 g/mol. The molecule has 0 radical (unpaired) electrons. The van der Waals surface area contributed by atoms with Crippen molar-refractivity contribution in [1.29, 1.82) is 0 Å². The van der Waals surface area contributed by atoms with Crippen LogP contribution >= 0.6 is 0 Å². The quantitative estimate of drug-likeness (QED) is 0.851. The van der Waals surface area contributed by atoms with Crippen LogP contribution in [0.25, 0.3) is 11.1 Å². The Kier molecular flexibility index (Phi) is 5.16. The molecule has 1 fully saturated rings. The molecule has 126 valence electrons. The Morgan fingerprint density at radius 3 is 2.58 bits per heavy atom. The molecule has 1 amide bonds. The topological polar surface area (TPSA) is 32.8 Å². The normalized spacial score (nSPS) is 17.7. The molecule has 2 aromatic carbocycles. The molecule has 1 aliphatic heterocycles. The summed E-state index contributed by atoms with van der Waals surface area (Å²) in [4.78, 5) is 16.5. The molecule has 0 saturated carbocycles. The minimum atomic E-state index is -0.290. The van der Waals surface area contributed by atoms with Crippen molar-refractivity contribution in [1.82, 2.24) is 4.90 Å². The van der Waals surface area contributed by atoms with Crippen LogP contribution in [0.4, 0.5) is 10.5 Å². The van der Waals surface area contributed by atoms with Crippen LogP contribution in [0.15, 0.2) is 54.6 Å². The van der Waals surface area contributed by atoms with Crippen molar-refractivity contribution in [3.63, 3.8) is 0 Å². The van der Waals surface area contributed by atoms with Gasteiger partial charge in [0, 0.05) is 25.7 Å². The van der Waals surface area contributed by atoms with E-state index in [0.717, 1.165) is 42.9 Å². The fraction of sp³-hybridized carbons (Fsp3) is 0.350. The van der Waals surface area contributed by atoms with Gasteiger partial charge in [-0.25, -0.2) is 4.79 Å². The van der Waals surface area contributed by atoms with Gasteiger partial charge in [0.15, 0.2) is 0 Å². The summed E-state index contributed by atoms with van der Waals surface area (Å²) in [6.45, 7) is 4.96.